The monoisotopic (exact) mass is 331 g/mol. The van der Waals surface area contributed by atoms with Crippen molar-refractivity contribution < 1.29 is 14.4 Å². The molecule has 0 spiro atoms. The van der Waals surface area contributed by atoms with Crippen LogP contribution in [-0.4, -0.2) is 12.4 Å². The van der Waals surface area contributed by atoms with Crippen LogP contribution < -0.4 is 0 Å². The van der Waals surface area contributed by atoms with E-state index in [1.54, 1.807) is 0 Å². The molecule has 0 radical (unpaired) electrons. The van der Waals surface area contributed by atoms with Crippen LogP contribution in [0.2, 0.25) is 0 Å². The van der Waals surface area contributed by atoms with Gasteiger partial charge in [-0.25, -0.2) is 0 Å². The second-order valence-electron chi connectivity index (χ2n) is 0.500. The van der Waals surface area contributed by atoms with Gasteiger partial charge in [0.15, 0.2) is 0 Å². The fourth-order valence-corrected chi connectivity index (χ4v) is 0. The molecule has 0 amide bonds. The van der Waals surface area contributed by atoms with Crippen molar-refractivity contribution in [3.8, 4) is 0 Å². The Bertz CT molecular complexity index is 58.8. The fraction of sp³-hybridized carbons (Fsp3) is 1.00. The zero-order valence-electron chi connectivity index (χ0n) is 3.46. The Labute approximate surface area is 72.8 Å². The summed E-state index contributed by atoms with van der Waals surface area (Å²) in [6.45, 7) is 0. The van der Waals surface area contributed by atoms with Crippen LogP contribution in [0.25, 0.3) is 0 Å². The van der Waals surface area contributed by atoms with E-state index in [-0.39, 0.29) is 2.65 Å². The van der Waals surface area contributed by atoms with Gasteiger partial charge in [-0.15, -0.1) is 9.79 Å². The van der Waals surface area contributed by atoms with Gasteiger partial charge in [-0.3, -0.25) is 0 Å². The smallest absolute Gasteiger partial charge is 0.134 e. The van der Waals surface area contributed by atoms with Gasteiger partial charge in [-0.1, -0.05) is 47.8 Å². The van der Waals surface area contributed by atoms with Crippen LogP contribution in [-0.2, 0) is 4.57 Å². The van der Waals surface area contributed by atoms with E-state index in [4.69, 9.17) is 14.4 Å². The van der Waals surface area contributed by atoms with Crippen LogP contribution in [0.15, 0.2) is 0 Å². The highest BCUT2D eigenvalue weighted by Crippen LogP contribution is 2.13. The maximum absolute atomic E-state index is 8.70. The second kappa shape index (κ2) is 8.46. The summed E-state index contributed by atoms with van der Waals surface area (Å²) in [6, 6.07) is 0. The summed E-state index contributed by atoms with van der Waals surface area (Å²) in [6.07, 6.45) is 0. The largest absolute Gasteiger partial charge is 0.692 e. The Morgan fingerprint density at radius 3 is 1.25 bits per heavy atom. The van der Waals surface area contributed by atoms with Gasteiger partial charge < -0.3 is 0 Å². The normalized spacial score (nSPS) is 7.75. The third-order valence-electron chi connectivity index (χ3n) is 0. The minimum atomic E-state index is -2.87. The lowest BCUT2D eigenvalue weighted by Crippen LogP contribution is -1.49. The van der Waals surface area contributed by atoms with Crippen LogP contribution in [0.3, 0.4) is 0 Å². The van der Waals surface area contributed by atoms with Crippen LogP contribution in [0.5, 0.6) is 0 Å². The maximum Gasteiger partial charge on any atom is 0.692 e. The lowest BCUT2D eigenvalue weighted by Gasteiger charge is -1.70. The first-order valence-electron chi connectivity index (χ1n) is 1.24. The lowest BCUT2D eigenvalue weighted by molar-refractivity contribution is 0.405. The van der Waals surface area contributed by atoms with Gasteiger partial charge in [0.1, 0.15) is 2.65 Å². The molecule has 0 unspecified atom stereocenters. The Kier molecular flexibility index (Phi) is 12.9. The Balaban J connectivity index is 0. The summed E-state index contributed by atoms with van der Waals surface area (Å²) >= 11 is 9.31. The van der Waals surface area contributed by atoms with E-state index in [9.17, 15) is 0 Å². The molecule has 8 heavy (non-hydrogen) atoms. The van der Waals surface area contributed by atoms with Crippen molar-refractivity contribution in [1.82, 2.24) is 0 Å². The number of rotatable bonds is 0. The molecule has 0 aliphatic heterocycles. The standard InChI is InChI=1S/CHBr3.HO3P/c2-1(3)4;1-4(2)3/h1H;(H-,1,2,3)/p+1. The number of halogens is 3. The van der Waals surface area contributed by atoms with E-state index < -0.39 is 8.25 Å². The van der Waals surface area contributed by atoms with E-state index >= 15 is 0 Å². The van der Waals surface area contributed by atoms with Gasteiger partial charge in [-0.2, -0.15) is 0 Å². The zero-order chi connectivity index (χ0) is 7.15. The predicted octanol–water partition coefficient (Wildman–Crippen LogP) is 2.08. The first-order valence-corrected chi connectivity index (χ1v) is 5.15. The molecule has 0 aromatic heterocycles. The summed E-state index contributed by atoms with van der Waals surface area (Å²) in [7, 11) is -2.87. The highest BCUT2D eigenvalue weighted by molar-refractivity contribution is 9.38. The maximum atomic E-state index is 8.70. The summed E-state index contributed by atoms with van der Waals surface area (Å²) in [5.41, 5.74) is 0. The molecule has 0 aliphatic carbocycles. The molecular weight excluding hydrogens is 331 g/mol. The van der Waals surface area contributed by atoms with Gasteiger partial charge in [0.05, 0.1) is 0 Å². The molecule has 2 N–H and O–H groups in total. The van der Waals surface area contributed by atoms with E-state index in [0.717, 1.165) is 0 Å². The average Bonchev–Trinajstić information content (AvgIpc) is 1.25. The van der Waals surface area contributed by atoms with Crippen LogP contribution in [0, 0.1) is 0 Å². The van der Waals surface area contributed by atoms with Crippen molar-refractivity contribution >= 4 is 56.0 Å². The van der Waals surface area contributed by atoms with Crippen molar-refractivity contribution in [2.45, 2.75) is 2.65 Å². The Hall–Kier alpha value is 1.46. The molecular formula is CH3Br3O3P+. The van der Waals surface area contributed by atoms with E-state index in [2.05, 4.69) is 47.8 Å². The predicted molar refractivity (Wildman–Crippen MR) is 42.6 cm³/mol. The first kappa shape index (κ1) is 12.2. The third-order valence-corrected chi connectivity index (χ3v) is 0. The topological polar surface area (TPSA) is 57.5 Å². The highest BCUT2D eigenvalue weighted by atomic mass is 80.0. The zero-order valence-corrected chi connectivity index (χ0v) is 9.11. The second-order valence-corrected chi connectivity index (χ2v) is 7.44. The molecule has 0 bridgehead atoms. The van der Waals surface area contributed by atoms with Crippen molar-refractivity contribution in [3.63, 3.8) is 0 Å². The summed E-state index contributed by atoms with van der Waals surface area (Å²) in [4.78, 5) is 14.2. The minimum absolute atomic E-state index is 0.271. The quantitative estimate of drug-likeness (QED) is 0.527. The van der Waals surface area contributed by atoms with E-state index in [0.29, 0.717) is 0 Å². The van der Waals surface area contributed by atoms with Gasteiger partial charge in [0.25, 0.3) is 0 Å². The van der Waals surface area contributed by atoms with Crippen LogP contribution in [0.1, 0.15) is 0 Å². The molecule has 7 heteroatoms. The summed E-state index contributed by atoms with van der Waals surface area (Å²) in [5, 5.41) is 0. The molecule has 0 heterocycles. The molecule has 0 atom stereocenters. The van der Waals surface area contributed by atoms with E-state index in [1.165, 1.54) is 0 Å². The Morgan fingerprint density at radius 2 is 1.25 bits per heavy atom. The molecule has 0 rings (SSSR count). The third kappa shape index (κ3) is 146. The fourth-order valence-electron chi connectivity index (χ4n) is 0. The molecule has 0 aliphatic rings. The van der Waals surface area contributed by atoms with Crippen molar-refractivity contribution in [2.24, 2.45) is 0 Å². The van der Waals surface area contributed by atoms with Gasteiger partial charge in [0, 0.05) is 4.57 Å². The number of hydrogen-bond acceptors (Lipinski definition) is 1. The van der Waals surface area contributed by atoms with Gasteiger partial charge in [-0.05, 0) is 0 Å². The SMILES string of the molecule is BrC(Br)Br.O=[P+](O)O. The molecule has 50 valence electrons. The van der Waals surface area contributed by atoms with Crippen LogP contribution in [0.4, 0.5) is 0 Å². The van der Waals surface area contributed by atoms with Gasteiger partial charge >= 0.3 is 8.25 Å². The van der Waals surface area contributed by atoms with Crippen LogP contribution >= 0.6 is 56.0 Å². The van der Waals surface area contributed by atoms with Crippen molar-refractivity contribution in [2.75, 3.05) is 0 Å². The molecule has 0 fully saturated rings. The van der Waals surface area contributed by atoms with Crippen molar-refractivity contribution in [3.05, 3.63) is 0 Å². The first-order chi connectivity index (χ1) is 3.46. The Morgan fingerprint density at radius 1 is 1.25 bits per heavy atom. The molecule has 0 saturated heterocycles. The van der Waals surface area contributed by atoms with E-state index in [1.807, 2.05) is 0 Å². The van der Waals surface area contributed by atoms with Gasteiger partial charge in [0.2, 0.25) is 0 Å². The lowest BCUT2D eigenvalue weighted by atomic mass is 12.0. The summed E-state index contributed by atoms with van der Waals surface area (Å²) in [5.74, 6) is 0. The number of alkyl halides is 3. The summed E-state index contributed by atoms with van der Waals surface area (Å²) < 4.78 is 8.97. The molecule has 0 saturated carbocycles. The molecule has 3 nitrogen and oxygen atoms in total. The molecule has 0 aromatic carbocycles. The average molecular weight is 334 g/mol. The highest BCUT2D eigenvalue weighted by Gasteiger charge is 1.93. The molecule has 0 aromatic rings. The van der Waals surface area contributed by atoms with Crippen molar-refractivity contribution in [1.29, 1.82) is 0 Å². The minimum Gasteiger partial charge on any atom is -0.134 e. The number of hydrogen-bond donors (Lipinski definition) is 2.